The summed E-state index contributed by atoms with van der Waals surface area (Å²) in [6.45, 7) is 4.99. The molecule has 5 nitrogen and oxygen atoms in total. The molecule has 1 aromatic heterocycles. The van der Waals surface area contributed by atoms with Crippen molar-refractivity contribution < 1.29 is 9.59 Å². The maximum absolute atomic E-state index is 13.4. The molecule has 1 N–H and O–H groups in total. The smallest absolute Gasteiger partial charge is 0.246 e. The molecule has 3 aromatic rings. The highest BCUT2D eigenvalue weighted by molar-refractivity contribution is 5.97. The summed E-state index contributed by atoms with van der Waals surface area (Å²) in [4.78, 5) is 34.0. The Hall–Kier alpha value is -3.08. The summed E-state index contributed by atoms with van der Waals surface area (Å²) >= 11 is 0. The van der Waals surface area contributed by atoms with Crippen LogP contribution < -0.4 is 0 Å². The summed E-state index contributed by atoms with van der Waals surface area (Å²) in [6.07, 6.45) is 2.49. The fraction of sp³-hybridized carbons (Fsp3) is 0.360. The monoisotopic (exact) mass is 401 g/mol. The number of benzene rings is 2. The van der Waals surface area contributed by atoms with Gasteiger partial charge in [0, 0.05) is 29.6 Å². The first kappa shape index (κ1) is 18.9. The fourth-order valence-corrected chi connectivity index (χ4v) is 4.96. The highest BCUT2D eigenvalue weighted by Gasteiger charge is 2.47. The Bertz CT molecular complexity index is 1120. The van der Waals surface area contributed by atoms with Gasteiger partial charge in [-0.25, -0.2) is 0 Å². The lowest BCUT2D eigenvalue weighted by Gasteiger charge is -2.47. The third-order valence-electron chi connectivity index (χ3n) is 6.52. The van der Waals surface area contributed by atoms with Crippen LogP contribution in [-0.2, 0) is 16.0 Å². The highest BCUT2D eigenvalue weighted by atomic mass is 16.2. The number of nitrogens with zero attached hydrogens (tertiary/aromatic N) is 2. The molecule has 5 heteroatoms. The maximum Gasteiger partial charge on any atom is 0.246 e. The lowest BCUT2D eigenvalue weighted by molar-refractivity contribution is -0.158. The molecule has 2 aliphatic heterocycles. The van der Waals surface area contributed by atoms with Crippen molar-refractivity contribution in [3.63, 3.8) is 0 Å². The first-order valence-electron chi connectivity index (χ1n) is 10.8. The van der Waals surface area contributed by atoms with Gasteiger partial charge in [0.2, 0.25) is 11.8 Å². The number of carbonyl (C=O) groups excluding carboxylic acids is 2. The van der Waals surface area contributed by atoms with Gasteiger partial charge in [-0.3, -0.25) is 9.59 Å². The molecule has 1 fully saturated rings. The van der Waals surface area contributed by atoms with Crippen molar-refractivity contribution in [1.82, 2.24) is 14.8 Å². The van der Waals surface area contributed by atoms with E-state index in [1.807, 2.05) is 17.0 Å². The van der Waals surface area contributed by atoms with Gasteiger partial charge >= 0.3 is 0 Å². The average Bonchev–Trinajstić information content (AvgIpc) is 3.13. The molecule has 2 aliphatic rings. The van der Waals surface area contributed by atoms with Crippen LogP contribution >= 0.6 is 0 Å². The summed E-state index contributed by atoms with van der Waals surface area (Å²) in [5.74, 6) is 0.113. The number of para-hydroxylation sites is 1. The second-order valence-electron chi connectivity index (χ2n) is 8.51. The number of nitrogens with one attached hydrogen (secondary N) is 1. The van der Waals surface area contributed by atoms with Crippen molar-refractivity contribution in [2.45, 2.75) is 45.2 Å². The van der Waals surface area contributed by atoms with Crippen LogP contribution in [0.3, 0.4) is 0 Å². The molecule has 3 heterocycles. The lowest BCUT2D eigenvalue weighted by atomic mass is 9.86. The normalized spacial score (nSPS) is 21.1. The van der Waals surface area contributed by atoms with Crippen molar-refractivity contribution in [3.8, 4) is 0 Å². The van der Waals surface area contributed by atoms with Crippen molar-refractivity contribution >= 4 is 22.7 Å². The summed E-state index contributed by atoms with van der Waals surface area (Å²) in [5.41, 5.74) is 5.48. The molecule has 0 bridgehead atoms. The summed E-state index contributed by atoms with van der Waals surface area (Å²) in [6, 6.07) is 15.8. The van der Waals surface area contributed by atoms with E-state index in [0.29, 0.717) is 13.0 Å². The molecule has 0 radical (unpaired) electrons. The number of aromatic nitrogens is 1. The Balaban J connectivity index is 1.66. The summed E-state index contributed by atoms with van der Waals surface area (Å²) in [7, 11) is 0. The van der Waals surface area contributed by atoms with Gasteiger partial charge in [-0.1, -0.05) is 61.4 Å². The number of unbranched alkanes of at least 4 members (excludes halogenated alkanes) is 1. The number of piperazine rings is 1. The van der Waals surface area contributed by atoms with Gasteiger partial charge in [0.15, 0.2) is 0 Å². The Labute approximate surface area is 176 Å². The van der Waals surface area contributed by atoms with Gasteiger partial charge < -0.3 is 14.8 Å². The maximum atomic E-state index is 13.4. The minimum Gasteiger partial charge on any atom is -0.356 e. The lowest BCUT2D eigenvalue weighted by Crippen LogP contribution is -2.63. The van der Waals surface area contributed by atoms with E-state index in [1.165, 1.54) is 5.56 Å². The van der Waals surface area contributed by atoms with Gasteiger partial charge in [-0.05, 0) is 30.5 Å². The molecule has 30 heavy (non-hydrogen) atoms. The second-order valence-corrected chi connectivity index (χ2v) is 8.51. The van der Waals surface area contributed by atoms with Crippen LogP contribution in [0.15, 0.2) is 48.5 Å². The topological polar surface area (TPSA) is 56.4 Å². The zero-order valence-corrected chi connectivity index (χ0v) is 17.5. The SMILES string of the molecule is CCCCN1CC(=O)N2C(c3ccc(C)cc3)c3[nH]c4ccccc4c3C[C@H]2C1=O. The van der Waals surface area contributed by atoms with Crippen molar-refractivity contribution in [3.05, 3.63) is 70.9 Å². The number of amides is 2. The number of rotatable bonds is 4. The van der Waals surface area contributed by atoms with Crippen LogP contribution in [0.25, 0.3) is 10.9 Å². The van der Waals surface area contributed by atoms with E-state index in [4.69, 9.17) is 0 Å². The number of carbonyl (C=O) groups is 2. The molecule has 0 spiro atoms. The van der Waals surface area contributed by atoms with Gasteiger partial charge in [0.1, 0.15) is 6.04 Å². The molecule has 5 rings (SSSR count). The third kappa shape index (κ3) is 2.92. The quantitative estimate of drug-likeness (QED) is 0.719. The Morgan fingerprint density at radius 2 is 1.83 bits per heavy atom. The number of aryl methyl sites for hydroxylation is 1. The molecule has 1 saturated heterocycles. The second kappa shape index (κ2) is 7.31. The number of H-pyrrole nitrogens is 1. The number of aromatic amines is 1. The molecule has 0 saturated carbocycles. The van der Waals surface area contributed by atoms with Gasteiger partial charge in [0.25, 0.3) is 0 Å². The van der Waals surface area contributed by atoms with Crippen molar-refractivity contribution in [1.29, 1.82) is 0 Å². The van der Waals surface area contributed by atoms with Crippen LogP contribution in [-0.4, -0.2) is 45.7 Å². The zero-order valence-electron chi connectivity index (χ0n) is 17.5. The minimum absolute atomic E-state index is 0.0329. The molecule has 2 atom stereocenters. The van der Waals surface area contributed by atoms with E-state index in [2.05, 4.69) is 55.2 Å². The molecule has 2 aromatic carbocycles. The van der Waals surface area contributed by atoms with Crippen molar-refractivity contribution in [2.24, 2.45) is 0 Å². The van der Waals surface area contributed by atoms with Crippen LogP contribution in [0.5, 0.6) is 0 Å². The zero-order chi connectivity index (χ0) is 20.8. The Morgan fingerprint density at radius 1 is 1.07 bits per heavy atom. The molecular formula is C25H27N3O2. The third-order valence-corrected chi connectivity index (χ3v) is 6.52. The fourth-order valence-electron chi connectivity index (χ4n) is 4.96. The van der Waals surface area contributed by atoms with Crippen LogP contribution in [0.4, 0.5) is 0 Å². The van der Waals surface area contributed by atoms with Gasteiger partial charge in [0.05, 0.1) is 12.6 Å². The van der Waals surface area contributed by atoms with E-state index < -0.39 is 6.04 Å². The Kier molecular flexibility index (Phi) is 4.61. The number of fused-ring (bicyclic) bond motifs is 4. The first-order valence-corrected chi connectivity index (χ1v) is 10.8. The first-order chi connectivity index (χ1) is 14.6. The predicted octanol–water partition coefficient (Wildman–Crippen LogP) is 3.96. The van der Waals surface area contributed by atoms with E-state index in [9.17, 15) is 9.59 Å². The summed E-state index contributed by atoms with van der Waals surface area (Å²) < 4.78 is 0. The van der Waals surface area contributed by atoms with Gasteiger partial charge in [-0.2, -0.15) is 0 Å². The number of hydrogen-bond donors (Lipinski definition) is 1. The Morgan fingerprint density at radius 3 is 2.60 bits per heavy atom. The average molecular weight is 402 g/mol. The minimum atomic E-state index is -0.443. The molecule has 0 aliphatic carbocycles. The van der Waals surface area contributed by atoms with E-state index in [-0.39, 0.29) is 24.4 Å². The molecule has 154 valence electrons. The van der Waals surface area contributed by atoms with Crippen molar-refractivity contribution in [2.75, 3.05) is 13.1 Å². The number of hydrogen-bond acceptors (Lipinski definition) is 2. The van der Waals surface area contributed by atoms with E-state index in [0.717, 1.165) is 40.6 Å². The molecular weight excluding hydrogens is 374 g/mol. The van der Waals surface area contributed by atoms with E-state index >= 15 is 0 Å². The predicted molar refractivity (Wildman–Crippen MR) is 117 cm³/mol. The van der Waals surface area contributed by atoms with E-state index in [1.54, 1.807) is 4.90 Å². The molecule has 2 amide bonds. The van der Waals surface area contributed by atoms with Crippen LogP contribution in [0.2, 0.25) is 0 Å². The summed E-state index contributed by atoms with van der Waals surface area (Å²) in [5, 5.41) is 1.15. The standard InChI is InChI=1S/C25H27N3O2/c1-3-4-13-27-15-22(29)28-21(25(27)30)14-19-18-7-5-6-8-20(18)26-23(19)24(28)17-11-9-16(2)10-12-17/h5-12,21,24,26H,3-4,13-15H2,1-2H3/t21-,24?/m0/s1. The van der Waals surface area contributed by atoms with Gasteiger partial charge in [-0.15, -0.1) is 0 Å². The highest BCUT2D eigenvalue weighted by Crippen LogP contribution is 2.42. The van der Waals surface area contributed by atoms with Crippen LogP contribution in [0, 0.1) is 6.92 Å². The largest absolute Gasteiger partial charge is 0.356 e. The van der Waals surface area contributed by atoms with Crippen LogP contribution in [0.1, 0.15) is 48.2 Å². The molecule has 1 unspecified atom stereocenters.